The van der Waals surface area contributed by atoms with Gasteiger partial charge >= 0.3 is 18.0 Å². The van der Waals surface area contributed by atoms with Gasteiger partial charge in [0.05, 0.1) is 22.3 Å². The van der Waals surface area contributed by atoms with Crippen LogP contribution in [-0.2, 0) is 6.42 Å². The van der Waals surface area contributed by atoms with Crippen molar-refractivity contribution in [2.75, 3.05) is 18.4 Å². The number of hydrogen-bond acceptors (Lipinski definition) is 5. The number of carbonyl (C=O) groups is 5. The fourth-order valence-corrected chi connectivity index (χ4v) is 8.80. The van der Waals surface area contributed by atoms with Crippen LogP contribution in [0, 0.1) is 23.2 Å². The number of aromatic nitrogens is 1. The average molecular weight is 663 g/mol. The van der Waals surface area contributed by atoms with Crippen LogP contribution >= 0.6 is 0 Å². The summed E-state index contributed by atoms with van der Waals surface area (Å²) in [5.74, 6) is -1.71. The van der Waals surface area contributed by atoms with Gasteiger partial charge < -0.3 is 25.8 Å². The van der Waals surface area contributed by atoms with E-state index in [2.05, 4.69) is 15.6 Å². The van der Waals surface area contributed by atoms with E-state index in [0.29, 0.717) is 23.9 Å². The van der Waals surface area contributed by atoms with Gasteiger partial charge in [0.2, 0.25) is 0 Å². The first kappa shape index (κ1) is 32.1. The molecule has 0 aliphatic heterocycles. The molecule has 1 aromatic heterocycles. The first-order chi connectivity index (χ1) is 23.6. The normalized spacial score (nSPS) is 22.1. The van der Waals surface area contributed by atoms with Gasteiger partial charge in [-0.3, -0.25) is 14.5 Å². The fourth-order valence-electron chi connectivity index (χ4n) is 8.80. The molecular formula is C38H38N4O7. The number of fused-ring (bicyclic) bond motifs is 1. The Labute approximate surface area is 282 Å². The van der Waals surface area contributed by atoms with Gasteiger partial charge in [0.25, 0.3) is 11.8 Å². The summed E-state index contributed by atoms with van der Waals surface area (Å²) >= 11 is 0. The predicted octanol–water partition coefficient (Wildman–Crippen LogP) is 6.43. The molecule has 11 heteroatoms. The molecule has 4 saturated carbocycles. The number of carboxylic acids is 2. The maximum Gasteiger partial charge on any atom is 0.335 e. The van der Waals surface area contributed by atoms with Gasteiger partial charge in [-0.15, -0.1) is 0 Å². The molecule has 4 amide bonds. The molecule has 4 aliphatic carbocycles. The topological polar surface area (TPSA) is 169 Å². The summed E-state index contributed by atoms with van der Waals surface area (Å²) < 4.78 is 0. The molecule has 252 valence electrons. The first-order valence-electron chi connectivity index (χ1n) is 16.7. The number of amides is 4. The van der Waals surface area contributed by atoms with E-state index in [1.54, 1.807) is 24.4 Å². The SMILES string of the molecule is O=C(O)c1cc(NC(=O)N(CCc2ccccc2)C(=O)c2cc3cc[nH]c3cc2C(=O)NCC23CC4CC(CC(C4)C2)C3)cc(C(=O)O)c1. The number of hydrogen-bond donors (Lipinski definition) is 5. The minimum Gasteiger partial charge on any atom is -0.478 e. The highest BCUT2D eigenvalue weighted by Gasteiger charge is 2.50. The van der Waals surface area contributed by atoms with E-state index in [1.165, 1.54) is 19.3 Å². The number of imide groups is 1. The van der Waals surface area contributed by atoms with Gasteiger partial charge in [0.15, 0.2) is 0 Å². The third-order valence-corrected chi connectivity index (χ3v) is 10.6. The molecule has 0 spiro atoms. The Balaban J connectivity index is 1.19. The van der Waals surface area contributed by atoms with Crippen LogP contribution in [0.25, 0.3) is 10.9 Å². The monoisotopic (exact) mass is 662 g/mol. The van der Waals surface area contributed by atoms with Crippen molar-refractivity contribution in [1.29, 1.82) is 0 Å². The Kier molecular flexibility index (Phi) is 8.43. The maximum atomic E-state index is 14.5. The molecule has 1 heterocycles. The lowest BCUT2D eigenvalue weighted by Crippen LogP contribution is -2.51. The van der Waals surface area contributed by atoms with Crippen molar-refractivity contribution in [2.24, 2.45) is 23.2 Å². The van der Waals surface area contributed by atoms with Crippen molar-refractivity contribution >= 4 is 46.4 Å². The molecule has 4 fully saturated rings. The molecule has 4 aromatic rings. The Morgan fingerprint density at radius 2 is 1.43 bits per heavy atom. The molecule has 3 aromatic carbocycles. The summed E-state index contributed by atoms with van der Waals surface area (Å²) in [5.41, 5.74) is 1.02. The molecule has 0 atom stereocenters. The molecule has 4 aliphatic rings. The predicted molar refractivity (Wildman–Crippen MR) is 182 cm³/mol. The number of urea groups is 1. The van der Waals surface area contributed by atoms with Crippen LogP contribution in [0.15, 0.2) is 72.9 Å². The van der Waals surface area contributed by atoms with Gasteiger partial charge in [0, 0.05) is 35.9 Å². The number of H-pyrrole nitrogens is 1. The summed E-state index contributed by atoms with van der Waals surface area (Å²) in [6, 6.07) is 16.6. The number of carbonyl (C=O) groups excluding carboxylic acids is 3. The van der Waals surface area contributed by atoms with Crippen LogP contribution in [0.3, 0.4) is 0 Å². The number of nitrogens with one attached hydrogen (secondary N) is 3. The van der Waals surface area contributed by atoms with Gasteiger partial charge in [0.1, 0.15) is 0 Å². The van der Waals surface area contributed by atoms with Gasteiger partial charge in [-0.2, -0.15) is 0 Å². The lowest BCUT2D eigenvalue weighted by Gasteiger charge is -2.56. The van der Waals surface area contributed by atoms with E-state index in [9.17, 15) is 34.2 Å². The highest BCUT2D eigenvalue weighted by molar-refractivity contribution is 6.15. The summed E-state index contributed by atoms with van der Waals surface area (Å²) in [6.07, 6.45) is 9.21. The molecular weight excluding hydrogens is 624 g/mol. The molecule has 5 N–H and O–H groups in total. The van der Waals surface area contributed by atoms with Crippen molar-refractivity contribution in [3.05, 3.63) is 101 Å². The highest BCUT2D eigenvalue weighted by atomic mass is 16.4. The second-order valence-electron chi connectivity index (χ2n) is 14.1. The molecule has 11 nitrogen and oxygen atoms in total. The number of aromatic carboxylic acids is 2. The zero-order chi connectivity index (χ0) is 34.3. The molecule has 49 heavy (non-hydrogen) atoms. The smallest absolute Gasteiger partial charge is 0.335 e. The second kappa shape index (κ2) is 12.9. The minimum absolute atomic E-state index is 0.0452. The molecule has 4 bridgehead atoms. The number of anilines is 1. The molecule has 0 radical (unpaired) electrons. The van der Waals surface area contributed by atoms with Crippen LogP contribution in [0.1, 0.15) is 85.5 Å². The summed E-state index contributed by atoms with van der Waals surface area (Å²) in [6.45, 7) is 0.467. The second-order valence-corrected chi connectivity index (χ2v) is 14.1. The van der Waals surface area contributed by atoms with Crippen LogP contribution < -0.4 is 10.6 Å². The van der Waals surface area contributed by atoms with E-state index in [0.717, 1.165) is 65.7 Å². The van der Waals surface area contributed by atoms with Crippen LogP contribution in [0.5, 0.6) is 0 Å². The first-order valence-corrected chi connectivity index (χ1v) is 16.7. The standard InChI is InChI=1S/C38H38N4O7/c43-33(40-21-38-18-23-10-24(19-38)12-25(11-23)20-38)30-17-32-26(6-8-39-32)16-31(30)34(44)42(9-7-22-4-2-1-3-5-22)37(49)41-29-14-27(35(45)46)13-28(15-29)36(47)48/h1-6,8,13-17,23-25,39H,7,9-12,18-21H2,(H,40,43)(H,41,49)(H,45,46)(H,47,48). The zero-order valence-corrected chi connectivity index (χ0v) is 26.9. The van der Waals surface area contributed by atoms with Gasteiger partial charge in [-0.25, -0.2) is 14.4 Å². The lowest BCUT2D eigenvalue weighted by atomic mass is 9.49. The lowest BCUT2D eigenvalue weighted by molar-refractivity contribution is -0.0503. The number of benzene rings is 3. The summed E-state index contributed by atoms with van der Waals surface area (Å²) in [4.78, 5) is 69.8. The number of nitrogens with zero attached hydrogens (tertiary/aromatic N) is 1. The minimum atomic E-state index is -1.38. The van der Waals surface area contributed by atoms with Crippen LogP contribution in [0.2, 0.25) is 0 Å². The van der Waals surface area contributed by atoms with Crippen molar-refractivity contribution in [3.63, 3.8) is 0 Å². The molecule has 8 rings (SSSR count). The van der Waals surface area contributed by atoms with Crippen LogP contribution in [-0.4, -0.2) is 63.0 Å². The molecule has 0 saturated heterocycles. The average Bonchev–Trinajstić information content (AvgIpc) is 3.54. The largest absolute Gasteiger partial charge is 0.478 e. The van der Waals surface area contributed by atoms with E-state index < -0.39 is 23.9 Å². The van der Waals surface area contributed by atoms with E-state index in [1.807, 2.05) is 30.3 Å². The number of rotatable bonds is 10. The summed E-state index contributed by atoms with van der Waals surface area (Å²) in [7, 11) is 0. The maximum absolute atomic E-state index is 14.5. The number of carboxylic acid groups (broad SMARTS) is 2. The fraction of sp³-hybridized carbons (Fsp3) is 0.342. The van der Waals surface area contributed by atoms with E-state index in [-0.39, 0.29) is 45.8 Å². The summed E-state index contributed by atoms with van der Waals surface area (Å²) in [5, 5.41) is 25.5. The Morgan fingerprint density at radius 3 is 2.04 bits per heavy atom. The van der Waals surface area contributed by atoms with Gasteiger partial charge in [-0.05, 0) is 110 Å². The zero-order valence-electron chi connectivity index (χ0n) is 26.9. The van der Waals surface area contributed by atoms with Gasteiger partial charge in [-0.1, -0.05) is 30.3 Å². The van der Waals surface area contributed by atoms with Crippen molar-refractivity contribution < 1.29 is 34.2 Å². The molecule has 0 unspecified atom stereocenters. The van der Waals surface area contributed by atoms with Crippen molar-refractivity contribution in [2.45, 2.75) is 44.9 Å². The third kappa shape index (κ3) is 6.65. The van der Waals surface area contributed by atoms with E-state index >= 15 is 0 Å². The van der Waals surface area contributed by atoms with Crippen LogP contribution in [0.4, 0.5) is 10.5 Å². The van der Waals surface area contributed by atoms with Crippen molar-refractivity contribution in [1.82, 2.24) is 15.2 Å². The number of aromatic amines is 1. The van der Waals surface area contributed by atoms with E-state index in [4.69, 9.17) is 0 Å². The quantitative estimate of drug-likeness (QED) is 0.130. The Morgan fingerprint density at radius 1 is 0.796 bits per heavy atom. The highest BCUT2D eigenvalue weighted by Crippen LogP contribution is 2.59. The Bertz CT molecular complexity index is 1900. The third-order valence-electron chi connectivity index (χ3n) is 10.6. The Hall–Kier alpha value is -5.45. The van der Waals surface area contributed by atoms with Crippen molar-refractivity contribution in [3.8, 4) is 0 Å².